The highest BCUT2D eigenvalue weighted by molar-refractivity contribution is 5.84. The van der Waals surface area contributed by atoms with E-state index < -0.39 is 18.0 Å². The summed E-state index contributed by atoms with van der Waals surface area (Å²) in [6, 6.07) is 3.18. The van der Waals surface area contributed by atoms with Crippen LogP contribution in [0.15, 0.2) is 24.4 Å². The molecule has 1 heterocycles. The number of carbonyl (C=O) groups excluding carboxylic acids is 1. The predicted octanol–water partition coefficient (Wildman–Crippen LogP) is 0.822. The molecule has 6 heteroatoms. The Kier molecular flexibility index (Phi) is 4.86. The van der Waals surface area contributed by atoms with Gasteiger partial charge in [-0.25, -0.2) is 4.79 Å². The van der Waals surface area contributed by atoms with Crippen LogP contribution in [-0.2, 0) is 9.59 Å². The van der Waals surface area contributed by atoms with Crippen LogP contribution in [0, 0.1) is 0 Å². The zero-order chi connectivity index (χ0) is 13.5. The molecule has 0 aliphatic carbocycles. The highest BCUT2D eigenvalue weighted by Gasteiger charge is 2.14. The van der Waals surface area contributed by atoms with Crippen molar-refractivity contribution < 1.29 is 19.4 Å². The molecule has 96 valence electrons. The summed E-state index contributed by atoms with van der Waals surface area (Å²) in [5, 5.41) is 8.45. The van der Waals surface area contributed by atoms with Gasteiger partial charge in [0.2, 0.25) is 0 Å². The maximum atomic E-state index is 11.0. The maximum absolute atomic E-state index is 11.0. The Balaban J connectivity index is 2.71. The van der Waals surface area contributed by atoms with Crippen LogP contribution in [0.25, 0.3) is 6.08 Å². The van der Waals surface area contributed by atoms with E-state index in [0.717, 1.165) is 6.08 Å². The molecule has 6 nitrogen and oxygen atoms in total. The lowest BCUT2D eigenvalue weighted by atomic mass is 10.2. The third kappa shape index (κ3) is 4.25. The predicted molar refractivity (Wildman–Crippen MR) is 64.8 cm³/mol. The van der Waals surface area contributed by atoms with Gasteiger partial charge in [0.1, 0.15) is 5.75 Å². The van der Waals surface area contributed by atoms with Crippen molar-refractivity contribution in [2.75, 3.05) is 0 Å². The molecule has 0 aliphatic heterocycles. The average molecular weight is 250 g/mol. The van der Waals surface area contributed by atoms with Crippen molar-refractivity contribution in [2.45, 2.75) is 19.4 Å². The van der Waals surface area contributed by atoms with Gasteiger partial charge in [-0.05, 0) is 24.6 Å². The first kappa shape index (κ1) is 13.7. The van der Waals surface area contributed by atoms with Crippen molar-refractivity contribution in [3.63, 3.8) is 0 Å². The standard InChI is InChI=1S/C12H14N2O4/c1-2-10(12(13)17)18-9-5-3-8(14-7-9)4-6-11(15)16/h3-7,10H,2H2,1H3,(H2,13,17)(H,15,16). The van der Waals surface area contributed by atoms with Crippen LogP contribution in [0.1, 0.15) is 19.0 Å². The smallest absolute Gasteiger partial charge is 0.328 e. The van der Waals surface area contributed by atoms with E-state index in [-0.39, 0.29) is 0 Å². The Hall–Kier alpha value is -2.37. The topological polar surface area (TPSA) is 103 Å². The van der Waals surface area contributed by atoms with E-state index in [9.17, 15) is 9.59 Å². The third-order valence-electron chi connectivity index (χ3n) is 2.12. The molecule has 1 unspecified atom stereocenters. The van der Waals surface area contributed by atoms with Crippen LogP contribution < -0.4 is 10.5 Å². The van der Waals surface area contributed by atoms with Gasteiger partial charge < -0.3 is 15.6 Å². The number of amides is 1. The van der Waals surface area contributed by atoms with Gasteiger partial charge in [-0.15, -0.1) is 0 Å². The molecule has 0 aliphatic rings. The minimum Gasteiger partial charge on any atom is -0.479 e. The van der Waals surface area contributed by atoms with E-state index in [1.54, 1.807) is 19.1 Å². The van der Waals surface area contributed by atoms with Gasteiger partial charge >= 0.3 is 5.97 Å². The van der Waals surface area contributed by atoms with Gasteiger partial charge in [-0.3, -0.25) is 9.78 Å². The second kappa shape index (κ2) is 6.39. The number of aliphatic carboxylic acids is 1. The molecule has 0 fully saturated rings. The molecule has 0 saturated carbocycles. The highest BCUT2D eigenvalue weighted by atomic mass is 16.5. The van der Waals surface area contributed by atoms with Crippen LogP contribution in [0.2, 0.25) is 0 Å². The van der Waals surface area contributed by atoms with Gasteiger partial charge in [-0.2, -0.15) is 0 Å². The van der Waals surface area contributed by atoms with Crippen molar-refractivity contribution in [1.29, 1.82) is 0 Å². The van der Waals surface area contributed by atoms with Crippen LogP contribution in [0.3, 0.4) is 0 Å². The number of carboxylic acid groups (broad SMARTS) is 1. The quantitative estimate of drug-likeness (QED) is 0.728. The molecule has 0 bridgehead atoms. The van der Waals surface area contributed by atoms with Crippen LogP contribution >= 0.6 is 0 Å². The summed E-state index contributed by atoms with van der Waals surface area (Å²) >= 11 is 0. The minimum absolute atomic E-state index is 0.410. The molecule has 3 N–H and O–H groups in total. The van der Waals surface area contributed by atoms with Gasteiger partial charge in [-0.1, -0.05) is 6.92 Å². The van der Waals surface area contributed by atoms with Crippen molar-refractivity contribution in [3.05, 3.63) is 30.1 Å². The number of ether oxygens (including phenoxy) is 1. The fourth-order valence-corrected chi connectivity index (χ4v) is 1.22. The number of primary amides is 1. The second-order valence-corrected chi connectivity index (χ2v) is 3.51. The van der Waals surface area contributed by atoms with Gasteiger partial charge in [0.15, 0.2) is 6.10 Å². The first-order valence-electron chi connectivity index (χ1n) is 5.36. The van der Waals surface area contributed by atoms with E-state index in [4.69, 9.17) is 15.6 Å². The number of hydrogen-bond donors (Lipinski definition) is 2. The molecular formula is C12H14N2O4. The Morgan fingerprint density at radius 3 is 2.72 bits per heavy atom. The Morgan fingerprint density at radius 1 is 1.56 bits per heavy atom. The van der Waals surface area contributed by atoms with Crippen molar-refractivity contribution in [2.24, 2.45) is 5.73 Å². The summed E-state index contributed by atoms with van der Waals surface area (Å²) in [4.78, 5) is 25.3. The van der Waals surface area contributed by atoms with E-state index in [0.29, 0.717) is 17.9 Å². The van der Waals surface area contributed by atoms with E-state index in [2.05, 4.69) is 4.98 Å². The number of nitrogens with two attached hydrogens (primary N) is 1. The number of aromatic nitrogens is 1. The zero-order valence-electron chi connectivity index (χ0n) is 9.87. The SMILES string of the molecule is CCC(Oc1ccc(C=CC(=O)O)nc1)C(N)=O. The molecule has 0 spiro atoms. The van der Waals surface area contributed by atoms with Crippen molar-refractivity contribution >= 4 is 18.0 Å². The van der Waals surface area contributed by atoms with Gasteiger partial charge in [0, 0.05) is 6.08 Å². The number of rotatable bonds is 6. The first-order valence-corrected chi connectivity index (χ1v) is 5.36. The number of carboxylic acids is 1. The molecule has 1 amide bonds. The van der Waals surface area contributed by atoms with Gasteiger partial charge in [0.25, 0.3) is 5.91 Å². The summed E-state index contributed by atoms with van der Waals surface area (Å²) < 4.78 is 5.33. The monoisotopic (exact) mass is 250 g/mol. The summed E-state index contributed by atoms with van der Waals surface area (Å²) in [5.74, 6) is -1.17. The molecule has 1 rings (SSSR count). The first-order chi connectivity index (χ1) is 8.52. The molecule has 1 aromatic rings. The van der Waals surface area contributed by atoms with E-state index >= 15 is 0 Å². The molecule has 0 radical (unpaired) electrons. The second-order valence-electron chi connectivity index (χ2n) is 3.51. The molecule has 1 atom stereocenters. The Morgan fingerprint density at radius 2 is 2.28 bits per heavy atom. The molecule has 1 aromatic heterocycles. The third-order valence-corrected chi connectivity index (χ3v) is 2.12. The van der Waals surface area contributed by atoms with Crippen LogP contribution in [0.4, 0.5) is 0 Å². The summed E-state index contributed by atoms with van der Waals surface area (Å²) in [6.45, 7) is 1.78. The number of nitrogens with zero attached hydrogens (tertiary/aromatic N) is 1. The molecule has 0 saturated heterocycles. The maximum Gasteiger partial charge on any atom is 0.328 e. The molecule has 18 heavy (non-hydrogen) atoms. The number of pyridine rings is 1. The zero-order valence-corrected chi connectivity index (χ0v) is 9.87. The van der Waals surface area contributed by atoms with Crippen molar-refractivity contribution in [3.8, 4) is 5.75 Å². The normalized spacial score (nSPS) is 12.3. The summed E-state index contributed by atoms with van der Waals surface area (Å²) in [6.07, 6.45) is 3.54. The fraction of sp³-hybridized carbons (Fsp3) is 0.250. The minimum atomic E-state index is -1.04. The lowest BCUT2D eigenvalue weighted by molar-refractivity contribution is -0.131. The van der Waals surface area contributed by atoms with E-state index in [1.807, 2.05) is 0 Å². The largest absolute Gasteiger partial charge is 0.479 e. The fourth-order valence-electron chi connectivity index (χ4n) is 1.22. The summed E-state index contributed by atoms with van der Waals surface area (Å²) in [7, 11) is 0. The lowest BCUT2D eigenvalue weighted by Crippen LogP contribution is -2.32. The average Bonchev–Trinajstić information content (AvgIpc) is 2.34. The number of carbonyl (C=O) groups is 2. The van der Waals surface area contributed by atoms with Crippen LogP contribution in [0.5, 0.6) is 5.75 Å². The molecule has 0 aromatic carbocycles. The lowest BCUT2D eigenvalue weighted by Gasteiger charge is -2.13. The van der Waals surface area contributed by atoms with Crippen LogP contribution in [-0.4, -0.2) is 28.1 Å². The Labute approximate surface area is 104 Å². The molecular weight excluding hydrogens is 236 g/mol. The Bertz CT molecular complexity index is 454. The highest BCUT2D eigenvalue weighted by Crippen LogP contribution is 2.13. The van der Waals surface area contributed by atoms with Crippen molar-refractivity contribution in [1.82, 2.24) is 4.98 Å². The van der Waals surface area contributed by atoms with E-state index in [1.165, 1.54) is 12.3 Å². The van der Waals surface area contributed by atoms with Gasteiger partial charge in [0.05, 0.1) is 11.9 Å². The summed E-state index contributed by atoms with van der Waals surface area (Å²) in [5.41, 5.74) is 5.63. The number of hydrogen-bond acceptors (Lipinski definition) is 4.